The van der Waals surface area contributed by atoms with E-state index in [-0.39, 0.29) is 17.9 Å². The zero-order valence-electron chi connectivity index (χ0n) is 15.6. The number of carbonyl (C=O) groups excluding carboxylic acids is 2. The quantitative estimate of drug-likeness (QED) is 0.675. The number of nitrogens with zero attached hydrogens (tertiary/aromatic N) is 2. The molecule has 0 radical (unpaired) electrons. The highest BCUT2D eigenvalue weighted by molar-refractivity contribution is 5.79. The van der Waals surface area contributed by atoms with Crippen LogP contribution in [-0.2, 0) is 16.1 Å². The molecule has 2 saturated heterocycles. The third-order valence-electron chi connectivity index (χ3n) is 5.49. The first-order valence-corrected chi connectivity index (χ1v) is 9.50. The molecule has 2 amide bonds. The summed E-state index contributed by atoms with van der Waals surface area (Å²) < 4.78 is 0. The van der Waals surface area contributed by atoms with E-state index in [2.05, 4.69) is 35.0 Å². The molecule has 7 heteroatoms. The summed E-state index contributed by atoms with van der Waals surface area (Å²) in [6, 6.07) is 4.64. The smallest absolute Gasteiger partial charge is 0.222 e. The average Bonchev–Trinajstić information content (AvgIpc) is 3.18. The molecule has 2 fully saturated rings. The van der Waals surface area contributed by atoms with Gasteiger partial charge in [0.2, 0.25) is 11.8 Å². The second kappa shape index (κ2) is 8.60. The van der Waals surface area contributed by atoms with E-state index in [1.54, 1.807) is 12.4 Å². The number of hydrazine groups is 1. The van der Waals surface area contributed by atoms with Crippen LogP contribution in [0.2, 0.25) is 0 Å². The van der Waals surface area contributed by atoms with Gasteiger partial charge in [-0.25, -0.2) is 0 Å². The Morgan fingerprint density at radius 1 is 1.31 bits per heavy atom. The van der Waals surface area contributed by atoms with Crippen LogP contribution in [0.15, 0.2) is 24.5 Å². The van der Waals surface area contributed by atoms with Crippen molar-refractivity contribution in [2.24, 2.45) is 5.92 Å². The summed E-state index contributed by atoms with van der Waals surface area (Å²) in [5, 5.41) is 2.97. The van der Waals surface area contributed by atoms with E-state index < -0.39 is 0 Å². The number of rotatable bonds is 7. The fraction of sp³-hybridized carbons (Fsp3) is 0.632. The first-order chi connectivity index (χ1) is 12.5. The fourth-order valence-electron chi connectivity index (χ4n) is 3.91. The zero-order chi connectivity index (χ0) is 18.5. The lowest BCUT2D eigenvalue weighted by molar-refractivity contribution is -0.132. The molecule has 3 N–H and O–H groups in total. The second-order valence-corrected chi connectivity index (χ2v) is 7.51. The molecule has 1 aromatic heterocycles. The summed E-state index contributed by atoms with van der Waals surface area (Å²) in [7, 11) is 0. The van der Waals surface area contributed by atoms with Gasteiger partial charge in [0.25, 0.3) is 0 Å². The van der Waals surface area contributed by atoms with Crippen molar-refractivity contribution < 1.29 is 9.59 Å². The Morgan fingerprint density at radius 2 is 2.08 bits per heavy atom. The molecule has 2 aliphatic heterocycles. The SMILES string of the molecule is CC1NNC(C)C1CCC(=O)N(Cc1cccnc1)C[C@@H]1CCC(=O)N1. The zero-order valence-corrected chi connectivity index (χ0v) is 15.6. The summed E-state index contributed by atoms with van der Waals surface area (Å²) in [5.74, 6) is 0.654. The van der Waals surface area contributed by atoms with Crippen molar-refractivity contribution in [1.82, 2.24) is 26.1 Å². The Labute approximate surface area is 154 Å². The number of aromatic nitrogens is 1. The van der Waals surface area contributed by atoms with Crippen LogP contribution in [0.4, 0.5) is 0 Å². The van der Waals surface area contributed by atoms with Gasteiger partial charge in [0.1, 0.15) is 0 Å². The van der Waals surface area contributed by atoms with Gasteiger partial charge >= 0.3 is 0 Å². The molecule has 3 rings (SSSR count). The second-order valence-electron chi connectivity index (χ2n) is 7.51. The maximum Gasteiger partial charge on any atom is 0.222 e. The molecular weight excluding hydrogens is 330 g/mol. The van der Waals surface area contributed by atoms with Crippen molar-refractivity contribution in [3.8, 4) is 0 Å². The molecular formula is C19H29N5O2. The maximum absolute atomic E-state index is 12.9. The molecule has 3 heterocycles. The van der Waals surface area contributed by atoms with Gasteiger partial charge in [-0.15, -0.1) is 0 Å². The molecule has 1 aromatic rings. The van der Waals surface area contributed by atoms with Gasteiger partial charge in [0.15, 0.2) is 0 Å². The van der Waals surface area contributed by atoms with Crippen LogP contribution in [0.5, 0.6) is 0 Å². The van der Waals surface area contributed by atoms with Crippen molar-refractivity contribution in [1.29, 1.82) is 0 Å². The van der Waals surface area contributed by atoms with Gasteiger partial charge in [-0.05, 0) is 44.2 Å². The minimum atomic E-state index is 0.0517. The third kappa shape index (κ3) is 4.80. The molecule has 2 unspecified atom stereocenters. The molecule has 142 valence electrons. The first-order valence-electron chi connectivity index (χ1n) is 9.50. The predicted octanol–water partition coefficient (Wildman–Crippen LogP) is 0.970. The molecule has 0 aromatic carbocycles. The van der Waals surface area contributed by atoms with Crippen LogP contribution >= 0.6 is 0 Å². The number of hydrogen-bond donors (Lipinski definition) is 3. The predicted molar refractivity (Wildman–Crippen MR) is 98.7 cm³/mol. The van der Waals surface area contributed by atoms with Gasteiger partial charge in [-0.2, -0.15) is 0 Å². The van der Waals surface area contributed by atoms with E-state index in [0.717, 1.165) is 18.4 Å². The van der Waals surface area contributed by atoms with E-state index in [9.17, 15) is 9.59 Å². The van der Waals surface area contributed by atoms with Crippen molar-refractivity contribution in [2.75, 3.05) is 6.54 Å². The molecule has 7 nitrogen and oxygen atoms in total. The Balaban J connectivity index is 1.61. The number of amides is 2. The highest BCUT2D eigenvalue weighted by atomic mass is 16.2. The first kappa shape index (κ1) is 18.8. The van der Waals surface area contributed by atoms with Crippen molar-refractivity contribution in [3.05, 3.63) is 30.1 Å². The van der Waals surface area contributed by atoms with E-state index in [1.807, 2.05) is 17.0 Å². The lowest BCUT2D eigenvalue weighted by Crippen LogP contribution is -2.41. The molecule has 0 saturated carbocycles. The van der Waals surface area contributed by atoms with Gasteiger partial charge < -0.3 is 10.2 Å². The van der Waals surface area contributed by atoms with Crippen LogP contribution in [0.1, 0.15) is 45.1 Å². The van der Waals surface area contributed by atoms with E-state index >= 15 is 0 Å². The van der Waals surface area contributed by atoms with Gasteiger partial charge in [-0.3, -0.25) is 25.4 Å². The van der Waals surface area contributed by atoms with Crippen LogP contribution in [0, 0.1) is 5.92 Å². The summed E-state index contributed by atoms with van der Waals surface area (Å²) in [5.41, 5.74) is 7.50. The molecule has 2 aliphatic rings. The third-order valence-corrected chi connectivity index (χ3v) is 5.49. The van der Waals surface area contributed by atoms with Crippen LogP contribution in [0.25, 0.3) is 0 Å². The fourth-order valence-corrected chi connectivity index (χ4v) is 3.91. The van der Waals surface area contributed by atoms with E-state index in [1.165, 1.54) is 0 Å². The number of carbonyl (C=O) groups is 2. The van der Waals surface area contributed by atoms with Gasteiger partial charge in [0, 0.05) is 56.5 Å². The van der Waals surface area contributed by atoms with E-state index in [0.29, 0.717) is 43.9 Å². The van der Waals surface area contributed by atoms with Gasteiger partial charge in [0.05, 0.1) is 0 Å². The van der Waals surface area contributed by atoms with E-state index in [4.69, 9.17) is 0 Å². The molecule has 0 spiro atoms. The maximum atomic E-state index is 12.9. The Hall–Kier alpha value is -1.99. The number of hydrogen-bond acceptors (Lipinski definition) is 5. The minimum absolute atomic E-state index is 0.0517. The average molecular weight is 359 g/mol. The van der Waals surface area contributed by atoms with Crippen LogP contribution < -0.4 is 16.2 Å². The summed E-state index contributed by atoms with van der Waals surface area (Å²) in [6.45, 7) is 5.39. The lowest BCUT2D eigenvalue weighted by atomic mass is 9.91. The Morgan fingerprint density at radius 3 is 2.69 bits per heavy atom. The standard InChI is InChI=1S/C19H29N5O2/c1-13-17(14(2)23-22-13)6-8-19(26)24(11-15-4-3-9-20-10-15)12-16-5-7-18(25)21-16/h3-4,9-10,13-14,16-17,22-23H,5-8,11-12H2,1-2H3,(H,21,25)/t13?,14?,16-,17?/m0/s1. The monoisotopic (exact) mass is 359 g/mol. The minimum Gasteiger partial charge on any atom is -0.352 e. The Kier molecular flexibility index (Phi) is 6.21. The van der Waals surface area contributed by atoms with Crippen molar-refractivity contribution in [2.45, 2.75) is 64.2 Å². The molecule has 26 heavy (non-hydrogen) atoms. The molecule has 0 aliphatic carbocycles. The summed E-state index contributed by atoms with van der Waals surface area (Å²) >= 11 is 0. The highest BCUT2D eigenvalue weighted by Gasteiger charge is 2.31. The topological polar surface area (TPSA) is 86.4 Å². The normalized spacial score (nSPS) is 28.2. The molecule has 0 bridgehead atoms. The summed E-state index contributed by atoms with van der Waals surface area (Å²) in [6.07, 6.45) is 6.23. The highest BCUT2D eigenvalue weighted by Crippen LogP contribution is 2.21. The van der Waals surface area contributed by atoms with Crippen LogP contribution in [-0.4, -0.2) is 46.4 Å². The van der Waals surface area contributed by atoms with Gasteiger partial charge in [-0.1, -0.05) is 6.07 Å². The number of pyridine rings is 1. The van der Waals surface area contributed by atoms with Crippen LogP contribution in [0.3, 0.4) is 0 Å². The molecule has 3 atom stereocenters. The van der Waals surface area contributed by atoms with Crippen molar-refractivity contribution >= 4 is 11.8 Å². The lowest BCUT2D eigenvalue weighted by Gasteiger charge is -2.27. The van der Waals surface area contributed by atoms with Crippen molar-refractivity contribution in [3.63, 3.8) is 0 Å². The number of nitrogens with one attached hydrogen (secondary N) is 3. The summed E-state index contributed by atoms with van der Waals surface area (Å²) in [4.78, 5) is 30.5. The Bertz CT molecular complexity index is 614. The largest absolute Gasteiger partial charge is 0.352 e.